The number of carbonyl (C=O) groups excluding carboxylic acids is 4. The van der Waals surface area contributed by atoms with Gasteiger partial charge >= 0.3 is 0 Å². The molecule has 125 heavy (non-hydrogen) atoms. The number of benzene rings is 6. The number of para-hydroxylation sites is 5. The van der Waals surface area contributed by atoms with Crippen molar-refractivity contribution in [1.29, 1.82) is 0 Å². The molecule has 660 valence electrons. The maximum absolute atomic E-state index is 12.2. The zero-order chi connectivity index (χ0) is 86.9. The summed E-state index contributed by atoms with van der Waals surface area (Å²) in [6.45, 7) is 34.1. The van der Waals surface area contributed by atoms with Crippen molar-refractivity contribution in [3.05, 3.63) is 239 Å². The molecule has 6 fully saturated rings. The highest BCUT2D eigenvalue weighted by Crippen LogP contribution is 2.43. The number of aryl methyl sites for hydroxylation is 9. The van der Waals surface area contributed by atoms with Crippen molar-refractivity contribution >= 4 is 66.7 Å². The zero-order valence-electron chi connectivity index (χ0n) is 76.1. The van der Waals surface area contributed by atoms with Crippen molar-refractivity contribution in [1.82, 2.24) is 57.9 Å². The Morgan fingerprint density at radius 2 is 0.808 bits per heavy atom. The largest absolute Gasteiger partial charge is 0.492 e. The van der Waals surface area contributed by atoms with Crippen LogP contribution in [0.1, 0.15) is 238 Å². The van der Waals surface area contributed by atoms with Crippen molar-refractivity contribution in [2.24, 2.45) is 11.8 Å². The fourth-order valence-electron chi connectivity index (χ4n) is 21.9. The number of hydrogen-bond donors (Lipinski definition) is 0. The van der Waals surface area contributed by atoms with Gasteiger partial charge in [0, 0.05) is 189 Å². The van der Waals surface area contributed by atoms with Gasteiger partial charge in [-0.05, 0) is 248 Å². The van der Waals surface area contributed by atoms with E-state index in [9.17, 15) is 19.2 Å². The molecule has 4 atom stereocenters. The number of fused-ring (bicyclic) bond motifs is 8. The monoisotopic (exact) mass is 1690 g/mol. The van der Waals surface area contributed by atoms with Gasteiger partial charge in [0.25, 0.3) is 0 Å². The molecule has 18 nitrogen and oxygen atoms in total. The van der Waals surface area contributed by atoms with Gasteiger partial charge in [0.05, 0.1) is 22.1 Å². The summed E-state index contributed by atoms with van der Waals surface area (Å²) in [6.07, 6.45) is 37.7. The van der Waals surface area contributed by atoms with E-state index in [1.807, 2.05) is 67.0 Å². The fourth-order valence-corrected chi connectivity index (χ4v) is 21.9. The average Bonchev–Trinajstić information content (AvgIpc) is 1.63. The van der Waals surface area contributed by atoms with Gasteiger partial charge in [-0.1, -0.05) is 159 Å². The number of hydrogen-bond acceptors (Lipinski definition) is 14. The molecule has 6 aromatic carbocycles. The second-order valence-electron chi connectivity index (χ2n) is 37.1. The van der Waals surface area contributed by atoms with Gasteiger partial charge in [-0.3, -0.25) is 38.9 Å². The lowest BCUT2D eigenvalue weighted by Gasteiger charge is -2.39. The summed E-state index contributed by atoms with van der Waals surface area (Å²) in [5.41, 5.74) is 15.6. The predicted molar refractivity (Wildman–Crippen MR) is 507 cm³/mol. The van der Waals surface area contributed by atoms with E-state index >= 15 is 0 Å². The van der Waals surface area contributed by atoms with Crippen LogP contribution >= 0.6 is 0 Å². The number of aromatic nitrogens is 7. The molecule has 4 bridgehead atoms. The number of nitrogens with zero attached hydrogens (tertiary/aromatic N) is 12. The van der Waals surface area contributed by atoms with Crippen LogP contribution in [0.4, 0.5) is 0 Å². The average molecular weight is 1690 g/mol. The van der Waals surface area contributed by atoms with Gasteiger partial charge in [0.1, 0.15) is 12.4 Å². The third-order valence-electron chi connectivity index (χ3n) is 28.3. The number of pyridine rings is 1. The van der Waals surface area contributed by atoms with Crippen LogP contribution in [0.5, 0.6) is 5.75 Å². The first kappa shape index (κ1) is 89.9. The molecule has 6 saturated heterocycles. The predicted octanol–water partition coefficient (Wildman–Crippen LogP) is 21.9. The van der Waals surface area contributed by atoms with Crippen molar-refractivity contribution in [3.8, 4) is 17.1 Å². The van der Waals surface area contributed by atoms with Gasteiger partial charge in [-0.2, -0.15) is 4.98 Å². The molecule has 12 aromatic rings. The van der Waals surface area contributed by atoms with E-state index in [-0.39, 0.29) is 23.1 Å². The molecule has 18 heteroatoms. The molecular formula is C107H136N12O6. The molecule has 12 heterocycles. The number of ketones is 4. The molecular weight excluding hydrogens is 1550 g/mol. The number of unbranched alkanes of at least 4 members (excludes halogenated alkanes) is 2. The minimum absolute atomic E-state index is 0.124. The molecule has 6 aromatic heterocycles. The second kappa shape index (κ2) is 43.0. The highest BCUT2D eigenvalue weighted by atomic mass is 16.5. The number of carbonyl (C=O) groups is 4. The summed E-state index contributed by atoms with van der Waals surface area (Å²) in [6, 6.07) is 53.1. The van der Waals surface area contributed by atoms with Gasteiger partial charge < -0.3 is 37.3 Å². The van der Waals surface area contributed by atoms with Crippen LogP contribution in [0.2, 0.25) is 0 Å². The zero-order valence-corrected chi connectivity index (χ0v) is 76.1. The summed E-state index contributed by atoms with van der Waals surface area (Å²) in [5, 5.41) is 8.51. The smallest absolute Gasteiger partial charge is 0.230 e. The topological polar surface area (TPSA) is 165 Å². The van der Waals surface area contributed by atoms with Crippen LogP contribution in [0.15, 0.2) is 187 Å². The first-order valence-corrected chi connectivity index (χ1v) is 47.4. The van der Waals surface area contributed by atoms with Gasteiger partial charge in [-0.25, -0.2) is 0 Å². The lowest BCUT2D eigenvalue weighted by atomic mass is 9.86. The molecule has 18 rings (SSSR count). The highest BCUT2D eigenvalue weighted by molar-refractivity contribution is 6.10. The minimum atomic E-state index is 0.124. The van der Waals surface area contributed by atoms with Crippen LogP contribution in [-0.2, 0) is 32.6 Å². The quantitative estimate of drug-likeness (QED) is 0.0282. The van der Waals surface area contributed by atoms with Crippen LogP contribution < -0.4 is 4.74 Å². The number of piperidine rings is 3. The van der Waals surface area contributed by atoms with E-state index in [1.165, 1.54) is 159 Å². The van der Waals surface area contributed by atoms with Crippen molar-refractivity contribution in [2.45, 2.75) is 247 Å². The molecule has 4 unspecified atom stereocenters. The van der Waals surface area contributed by atoms with Crippen molar-refractivity contribution in [2.75, 3.05) is 78.6 Å². The maximum atomic E-state index is 12.2. The molecule has 6 aliphatic rings. The fraction of sp³-hybridized carbons (Fsp3) is 0.486. The van der Waals surface area contributed by atoms with Gasteiger partial charge in [0.15, 0.2) is 23.1 Å². The number of rotatable bonds is 33. The Morgan fingerprint density at radius 3 is 1.22 bits per heavy atom. The number of ether oxygens (including phenoxy) is 1. The van der Waals surface area contributed by atoms with Crippen molar-refractivity contribution < 1.29 is 28.4 Å². The summed E-state index contributed by atoms with van der Waals surface area (Å²) in [7, 11) is 0. The minimum Gasteiger partial charge on any atom is -0.492 e. The Morgan fingerprint density at radius 1 is 0.408 bits per heavy atom. The maximum Gasteiger partial charge on any atom is 0.230 e. The Kier molecular flexibility index (Phi) is 30.9. The standard InChI is InChI=1S/C29H36N2O.C26H29N5O2.C26H33N3O2.C26H38N2O/c1-21-8-6-11-27-28(22(2)32)20-30(29(21)27)16-7-17-31-25-14-15-26(31)19-24(18-25)13-12-23-9-4-3-5-10-23;1-18-6-3-8-22-23(19(2)32)17-31(24(18)22)13-5-12-30-14-9-20(10-15-30)26-28-25(29-33-26)21-7-4-11-27-16-21;1-21-8-6-11-24-25(22(2)30)20-29(26(21)24)13-7-12-27-14-16-28(17-15-27)18-19-31-23-9-4-3-5-10-23;1-4-5-6-10-21-16-22-12-13-23(17-21)28(22)15-8-14-27-18-25(20(3)29)24-11-7-9-19(2)26(24)27/h3-6,8-11,20,24-26H,7,12-19H2,1-2H3;3-4,6-8,11,16-17,20H,5,9-10,12-15H2,1-2H3;3-6,8-11,20H,7,12-19H2,1-2H3;7,9,11,18,21-23H,4-6,8,10,12-17H2,1-3H3. The first-order valence-electron chi connectivity index (χ1n) is 47.4. The van der Waals surface area contributed by atoms with Crippen LogP contribution in [-0.4, -0.2) is 184 Å². The van der Waals surface area contributed by atoms with E-state index in [1.54, 1.807) is 40.1 Å². The van der Waals surface area contributed by atoms with Crippen LogP contribution in [0.25, 0.3) is 55.0 Å². The Balaban J connectivity index is 0.000000129. The van der Waals surface area contributed by atoms with E-state index < -0.39 is 0 Å². The second-order valence-corrected chi connectivity index (χ2v) is 37.1. The number of piperazine rings is 1. The normalized spacial score (nSPS) is 19.5. The lowest BCUT2D eigenvalue weighted by Crippen LogP contribution is -2.47. The Labute approximate surface area is 742 Å². The summed E-state index contributed by atoms with van der Waals surface area (Å²) < 4.78 is 20.6. The molecule has 0 aliphatic carbocycles. The van der Waals surface area contributed by atoms with E-state index in [2.05, 4.69) is 196 Å². The number of likely N-dealkylation sites (tertiary alicyclic amines) is 1. The van der Waals surface area contributed by atoms with E-state index in [0.29, 0.717) is 11.7 Å². The third-order valence-corrected chi connectivity index (χ3v) is 28.3. The van der Waals surface area contributed by atoms with Crippen LogP contribution in [0.3, 0.4) is 0 Å². The molecule has 0 radical (unpaired) electrons. The summed E-state index contributed by atoms with van der Waals surface area (Å²) in [5.74, 6) is 5.07. The first-order chi connectivity index (χ1) is 60.9. The third kappa shape index (κ3) is 22.4. The summed E-state index contributed by atoms with van der Waals surface area (Å²) >= 11 is 0. The highest BCUT2D eigenvalue weighted by Gasteiger charge is 2.42. The van der Waals surface area contributed by atoms with E-state index in [0.717, 1.165) is 221 Å². The van der Waals surface area contributed by atoms with E-state index in [4.69, 9.17) is 9.26 Å². The SMILES string of the molecule is CC(=O)c1cn(CCCN2C3CCC2CC(CCc2ccccc2)C3)c2c(C)cccc12.CC(=O)c1cn(CCCN2CCC(c3nc(-c4cccnc4)no3)CC2)c2c(C)cccc12.CC(=O)c1cn(CCCN2CCN(CCOc3ccccc3)CC2)c2c(C)cccc12.CCCCCC1CC2CCC(C1)N2CCCn1cc(C(C)=O)c2cccc(C)c21. The molecule has 0 saturated carbocycles. The molecule has 0 spiro atoms. The van der Waals surface area contributed by atoms with Gasteiger partial charge in [0.2, 0.25) is 11.7 Å². The van der Waals surface area contributed by atoms with Crippen LogP contribution in [0, 0.1) is 39.5 Å². The van der Waals surface area contributed by atoms with Crippen molar-refractivity contribution in [3.63, 3.8) is 0 Å². The molecule has 0 amide bonds. The molecule has 6 aliphatic heterocycles. The lowest BCUT2D eigenvalue weighted by molar-refractivity contribution is 0.0966. The summed E-state index contributed by atoms with van der Waals surface area (Å²) in [4.78, 5) is 70.4. The molecule has 0 N–H and O–H groups in total. The Hall–Kier alpha value is -9.95. The van der Waals surface area contributed by atoms with Gasteiger partial charge in [-0.15, -0.1) is 0 Å². The number of Topliss-reactive ketones (excluding diaryl/α,β-unsaturated/α-hetero) is 4. The Bertz CT molecular complexity index is 5520.